The van der Waals surface area contributed by atoms with Crippen molar-refractivity contribution >= 4 is 5.78 Å². The Kier molecular flexibility index (Phi) is 4.66. The number of carbonyl (C=O) groups is 1. The Hall–Kier alpha value is -1.26. The van der Waals surface area contributed by atoms with Crippen LogP contribution in [0.25, 0.3) is 0 Å². The summed E-state index contributed by atoms with van der Waals surface area (Å²) in [6, 6.07) is 5.83. The van der Waals surface area contributed by atoms with Crippen LogP contribution in [0.3, 0.4) is 0 Å². The normalized spacial score (nSPS) is 26.3. The van der Waals surface area contributed by atoms with Gasteiger partial charge in [0.1, 0.15) is 5.82 Å². The fourth-order valence-electron chi connectivity index (χ4n) is 3.41. The predicted octanol–water partition coefficient (Wildman–Crippen LogP) is 2.90. The molecule has 0 aliphatic carbocycles. The maximum absolute atomic E-state index is 12.9. The highest BCUT2D eigenvalue weighted by Gasteiger charge is 2.31. The molecule has 1 aromatic rings. The van der Waals surface area contributed by atoms with Gasteiger partial charge in [-0.3, -0.25) is 4.79 Å². The monoisotopic (exact) mass is 291 g/mol. The van der Waals surface area contributed by atoms with Gasteiger partial charge in [0, 0.05) is 38.2 Å². The minimum Gasteiger partial charge on any atom is -0.378 e. The quantitative estimate of drug-likeness (QED) is 0.799. The number of ketones is 1. The number of Topliss-reactive ketones (excluding diaryl/α,β-unsaturated/α-hetero) is 1. The van der Waals surface area contributed by atoms with Crippen molar-refractivity contribution in [2.45, 2.75) is 31.8 Å². The van der Waals surface area contributed by atoms with E-state index in [-0.39, 0.29) is 11.6 Å². The molecule has 2 aliphatic heterocycles. The first-order valence-corrected chi connectivity index (χ1v) is 7.85. The average Bonchev–Trinajstić information content (AvgIpc) is 2.53. The van der Waals surface area contributed by atoms with Crippen LogP contribution in [-0.4, -0.2) is 43.0 Å². The van der Waals surface area contributed by atoms with Gasteiger partial charge in [-0.25, -0.2) is 4.39 Å². The van der Waals surface area contributed by atoms with E-state index in [1.54, 1.807) is 12.1 Å². The van der Waals surface area contributed by atoms with Gasteiger partial charge >= 0.3 is 0 Å². The van der Waals surface area contributed by atoms with E-state index >= 15 is 0 Å². The maximum Gasteiger partial charge on any atom is 0.164 e. The molecule has 2 fully saturated rings. The van der Waals surface area contributed by atoms with E-state index in [9.17, 15) is 9.18 Å². The predicted molar refractivity (Wildman–Crippen MR) is 78.9 cm³/mol. The van der Waals surface area contributed by atoms with Gasteiger partial charge in [-0.2, -0.15) is 0 Å². The lowest BCUT2D eigenvalue weighted by atomic mass is 9.88. The van der Waals surface area contributed by atoms with Crippen LogP contribution < -0.4 is 0 Å². The molecule has 2 heterocycles. The number of benzene rings is 1. The molecule has 2 atom stereocenters. The number of halogens is 1. The molecule has 0 unspecified atom stereocenters. The molecule has 2 aliphatic rings. The fourth-order valence-corrected chi connectivity index (χ4v) is 3.41. The minimum atomic E-state index is -0.300. The third-order valence-corrected chi connectivity index (χ3v) is 4.62. The Balaban J connectivity index is 1.48. The summed E-state index contributed by atoms with van der Waals surface area (Å²) in [5.41, 5.74) is 0.604. The summed E-state index contributed by atoms with van der Waals surface area (Å²) in [7, 11) is 0. The zero-order chi connectivity index (χ0) is 14.7. The van der Waals surface area contributed by atoms with Gasteiger partial charge in [-0.05, 0) is 49.4 Å². The van der Waals surface area contributed by atoms with Crippen LogP contribution in [0.1, 0.15) is 36.0 Å². The number of fused-ring (bicyclic) bond motifs is 1. The van der Waals surface area contributed by atoms with Gasteiger partial charge in [-0.15, -0.1) is 0 Å². The number of hydrogen-bond acceptors (Lipinski definition) is 3. The Morgan fingerprint density at radius 2 is 2.10 bits per heavy atom. The molecule has 0 N–H and O–H groups in total. The SMILES string of the molecule is O=C(CCN1CC[C@H]2OCCC[C@H]2C1)c1ccc(F)cc1. The van der Waals surface area contributed by atoms with Crippen molar-refractivity contribution in [2.75, 3.05) is 26.2 Å². The number of nitrogens with zero attached hydrogens (tertiary/aromatic N) is 1. The van der Waals surface area contributed by atoms with E-state index in [0.717, 1.165) is 39.1 Å². The Labute approximate surface area is 125 Å². The second-order valence-corrected chi connectivity index (χ2v) is 6.08. The molecule has 1 aromatic carbocycles. The van der Waals surface area contributed by atoms with E-state index in [1.807, 2.05) is 0 Å². The van der Waals surface area contributed by atoms with Crippen molar-refractivity contribution in [3.63, 3.8) is 0 Å². The zero-order valence-electron chi connectivity index (χ0n) is 12.3. The number of rotatable bonds is 4. The van der Waals surface area contributed by atoms with E-state index in [1.165, 1.54) is 18.6 Å². The van der Waals surface area contributed by atoms with Crippen LogP contribution in [0.15, 0.2) is 24.3 Å². The van der Waals surface area contributed by atoms with Crippen molar-refractivity contribution in [2.24, 2.45) is 5.92 Å². The molecule has 21 heavy (non-hydrogen) atoms. The first kappa shape index (κ1) is 14.7. The summed E-state index contributed by atoms with van der Waals surface area (Å²) >= 11 is 0. The molecule has 0 spiro atoms. The molecule has 3 nitrogen and oxygen atoms in total. The molecular formula is C17H22FNO2. The summed E-state index contributed by atoms with van der Waals surface area (Å²) in [4.78, 5) is 14.5. The number of likely N-dealkylation sites (tertiary alicyclic amines) is 1. The van der Waals surface area contributed by atoms with Gasteiger partial charge < -0.3 is 9.64 Å². The number of piperidine rings is 1. The molecule has 0 aromatic heterocycles. The van der Waals surface area contributed by atoms with Crippen LogP contribution in [-0.2, 0) is 4.74 Å². The van der Waals surface area contributed by atoms with E-state index in [0.29, 0.717) is 24.0 Å². The smallest absolute Gasteiger partial charge is 0.164 e. The van der Waals surface area contributed by atoms with Crippen LogP contribution >= 0.6 is 0 Å². The summed E-state index contributed by atoms with van der Waals surface area (Å²) in [5, 5.41) is 0. The summed E-state index contributed by atoms with van der Waals surface area (Å²) in [6.45, 7) is 3.75. The number of hydrogen-bond donors (Lipinski definition) is 0. The first-order valence-electron chi connectivity index (χ1n) is 7.85. The van der Waals surface area contributed by atoms with Gasteiger partial charge in [-0.1, -0.05) is 0 Å². The van der Waals surface area contributed by atoms with Gasteiger partial charge in [0.2, 0.25) is 0 Å². The lowest BCUT2D eigenvalue weighted by Gasteiger charge is -2.41. The van der Waals surface area contributed by atoms with Gasteiger partial charge in [0.15, 0.2) is 5.78 Å². The molecule has 0 bridgehead atoms. The lowest BCUT2D eigenvalue weighted by molar-refractivity contribution is -0.0658. The van der Waals surface area contributed by atoms with Crippen molar-refractivity contribution < 1.29 is 13.9 Å². The third-order valence-electron chi connectivity index (χ3n) is 4.62. The highest BCUT2D eigenvalue weighted by molar-refractivity contribution is 5.96. The van der Waals surface area contributed by atoms with Crippen LogP contribution in [0.2, 0.25) is 0 Å². The molecule has 3 rings (SSSR count). The lowest BCUT2D eigenvalue weighted by Crippen LogP contribution is -2.46. The van der Waals surface area contributed by atoms with Crippen molar-refractivity contribution in [3.8, 4) is 0 Å². The highest BCUT2D eigenvalue weighted by atomic mass is 19.1. The summed E-state index contributed by atoms with van der Waals surface area (Å²) < 4.78 is 18.7. The van der Waals surface area contributed by atoms with E-state index < -0.39 is 0 Å². The number of ether oxygens (including phenoxy) is 1. The highest BCUT2D eigenvalue weighted by Crippen LogP contribution is 2.28. The van der Waals surface area contributed by atoms with Crippen molar-refractivity contribution in [1.82, 2.24) is 4.90 Å². The van der Waals surface area contributed by atoms with Crippen LogP contribution in [0, 0.1) is 11.7 Å². The molecular weight excluding hydrogens is 269 g/mol. The topological polar surface area (TPSA) is 29.5 Å². The second kappa shape index (κ2) is 6.67. The first-order chi connectivity index (χ1) is 10.2. The average molecular weight is 291 g/mol. The van der Waals surface area contributed by atoms with Gasteiger partial charge in [0.25, 0.3) is 0 Å². The minimum absolute atomic E-state index is 0.0945. The Morgan fingerprint density at radius 3 is 2.90 bits per heavy atom. The molecule has 4 heteroatoms. The third kappa shape index (κ3) is 3.69. The fraction of sp³-hybridized carbons (Fsp3) is 0.588. The van der Waals surface area contributed by atoms with Crippen LogP contribution in [0.5, 0.6) is 0 Å². The van der Waals surface area contributed by atoms with Crippen molar-refractivity contribution in [3.05, 3.63) is 35.6 Å². The molecule has 2 saturated heterocycles. The molecule has 0 amide bonds. The zero-order valence-corrected chi connectivity index (χ0v) is 12.3. The molecule has 0 radical (unpaired) electrons. The maximum atomic E-state index is 12.9. The standard InChI is InChI=1S/C17H22FNO2/c18-15-5-3-13(4-6-15)16(20)7-9-19-10-8-17-14(12-19)2-1-11-21-17/h3-6,14,17H,1-2,7-12H2/t14-,17+/m0/s1. The van der Waals surface area contributed by atoms with Crippen LogP contribution in [0.4, 0.5) is 4.39 Å². The summed E-state index contributed by atoms with van der Waals surface area (Å²) in [5.74, 6) is 0.427. The second-order valence-electron chi connectivity index (χ2n) is 6.08. The summed E-state index contributed by atoms with van der Waals surface area (Å²) in [6.07, 6.45) is 4.42. The Morgan fingerprint density at radius 1 is 1.29 bits per heavy atom. The number of carbonyl (C=O) groups excluding carboxylic acids is 1. The largest absolute Gasteiger partial charge is 0.378 e. The van der Waals surface area contributed by atoms with E-state index in [4.69, 9.17) is 4.74 Å². The van der Waals surface area contributed by atoms with E-state index in [2.05, 4.69) is 4.90 Å². The molecule has 0 saturated carbocycles. The van der Waals surface area contributed by atoms with Gasteiger partial charge in [0.05, 0.1) is 6.10 Å². The molecule has 114 valence electrons. The Bertz CT molecular complexity index is 488. The van der Waals surface area contributed by atoms with Crippen molar-refractivity contribution in [1.29, 1.82) is 0 Å².